The molecule has 1 unspecified atom stereocenters. The molecule has 1 fully saturated rings. The second-order valence-corrected chi connectivity index (χ2v) is 8.63. The fraction of sp³-hybridized carbons (Fsp3) is 0.391. The van der Waals surface area contributed by atoms with Gasteiger partial charge in [-0.3, -0.25) is 9.59 Å². The van der Waals surface area contributed by atoms with Crippen molar-refractivity contribution in [2.75, 3.05) is 35.8 Å². The Labute approximate surface area is 167 Å². The van der Waals surface area contributed by atoms with Gasteiger partial charge in [0.1, 0.15) is 0 Å². The second-order valence-electron chi connectivity index (χ2n) is 8.63. The van der Waals surface area contributed by atoms with E-state index in [1.807, 2.05) is 55.4 Å². The number of nitrogens with one attached hydrogen (secondary N) is 1. The van der Waals surface area contributed by atoms with E-state index in [4.69, 9.17) is 0 Å². The van der Waals surface area contributed by atoms with E-state index >= 15 is 0 Å². The summed E-state index contributed by atoms with van der Waals surface area (Å²) in [5.41, 5.74) is 3.95. The van der Waals surface area contributed by atoms with Gasteiger partial charge in [0.15, 0.2) is 0 Å². The molecule has 0 saturated carbocycles. The van der Waals surface area contributed by atoms with Gasteiger partial charge in [0.2, 0.25) is 11.8 Å². The van der Waals surface area contributed by atoms with Gasteiger partial charge in [-0.05, 0) is 47.4 Å². The SMILES string of the molecule is CN(C)c1ccc(NC(=O)C2CC(=O)N(c3ccc(C(C)(C)C)cc3)C2)cc1. The minimum absolute atomic E-state index is 0.00776. The standard InChI is InChI=1S/C23H29N3O2/c1-23(2,3)17-6-10-20(11-7-17)26-15-16(14-21(26)27)22(28)24-18-8-12-19(13-9-18)25(4)5/h6-13,16H,14-15H2,1-5H3,(H,24,28). The molecule has 0 spiro atoms. The molecule has 28 heavy (non-hydrogen) atoms. The highest BCUT2D eigenvalue weighted by Crippen LogP contribution is 2.29. The number of hydrogen-bond acceptors (Lipinski definition) is 3. The number of amides is 2. The highest BCUT2D eigenvalue weighted by Gasteiger charge is 2.35. The van der Waals surface area contributed by atoms with Gasteiger partial charge in [-0.2, -0.15) is 0 Å². The van der Waals surface area contributed by atoms with Crippen LogP contribution in [0.2, 0.25) is 0 Å². The van der Waals surface area contributed by atoms with Crippen LogP contribution in [0, 0.1) is 5.92 Å². The molecule has 0 bridgehead atoms. The summed E-state index contributed by atoms with van der Waals surface area (Å²) in [6, 6.07) is 15.7. The summed E-state index contributed by atoms with van der Waals surface area (Å²) >= 11 is 0. The van der Waals surface area contributed by atoms with Gasteiger partial charge in [-0.1, -0.05) is 32.9 Å². The van der Waals surface area contributed by atoms with Crippen molar-refractivity contribution in [3.8, 4) is 0 Å². The molecule has 3 rings (SSSR count). The average molecular weight is 380 g/mol. The highest BCUT2D eigenvalue weighted by molar-refractivity contribution is 6.03. The maximum absolute atomic E-state index is 12.6. The van der Waals surface area contributed by atoms with Crippen molar-refractivity contribution in [3.05, 3.63) is 54.1 Å². The Morgan fingerprint density at radius 1 is 1.04 bits per heavy atom. The molecule has 0 aromatic heterocycles. The van der Waals surface area contributed by atoms with Gasteiger partial charge in [-0.15, -0.1) is 0 Å². The lowest BCUT2D eigenvalue weighted by molar-refractivity contribution is -0.122. The van der Waals surface area contributed by atoms with Crippen molar-refractivity contribution in [1.82, 2.24) is 0 Å². The first kappa shape index (κ1) is 19.9. The van der Waals surface area contributed by atoms with Crippen molar-refractivity contribution in [1.29, 1.82) is 0 Å². The molecule has 1 N–H and O–H groups in total. The summed E-state index contributed by atoms with van der Waals surface area (Å²) in [7, 11) is 3.95. The normalized spacial score (nSPS) is 17.0. The second kappa shape index (κ2) is 7.66. The minimum Gasteiger partial charge on any atom is -0.378 e. The van der Waals surface area contributed by atoms with Crippen LogP contribution in [0.4, 0.5) is 17.1 Å². The van der Waals surface area contributed by atoms with Crippen LogP contribution in [-0.2, 0) is 15.0 Å². The van der Waals surface area contributed by atoms with Gasteiger partial charge in [-0.25, -0.2) is 0 Å². The number of rotatable bonds is 4. The highest BCUT2D eigenvalue weighted by atomic mass is 16.2. The predicted molar refractivity (Wildman–Crippen MR) is 115 cm³/mol. The van der Waals surface area contributed by atoms with E-state index < -0.39 is 0 Å². The van der Waals surface area contributed by atoms with E-state index in [-0.39, 0.29) is 29.6 Å². The summed E-state index contributed by atoms with van der Waals surface area (Å²) < 4.78 is 0. The lowest BCUT2D eigenvalue weighted by Gasteiger charge is -2.21. The lowest BCUT2D eigenvalue weighted by atomic mass is 9.87. The van der Waals surface area contributed by atoms with Crippen LogP contribution >= 0.6 is 0 Å². The number of nitrogens with zero attached hydrogens (tertiary/aromatic N) is 2. The molecule has 1 saturated heterocycles. The van der Waals surface area contributed by atoms with Crippen LogP contribution in [0.5, 0.6) is 0 Å². The van der Waals surface area contributed by atoms with Gasteiger partial charge in [0.25, 0.3) is 0 Å². The molecule has 2 aromatic carbocycles. The van der Waals surface area contributed by atoms with Gasteiger partial charge in [0.05, 0.1) is 5.92 Å². The first-order chi connectivity index (χ1) is 13.1. The Balaban J connectivity index is 1.65. The Morgan fingerprint density at radius 3 is 2.18 bits per heavy atom. The van der Waals surface area contributed by atoms with Crippen LogP contribution in [0.25, 0.3) is 0 Å². The van der Waals surface area contributed by atoms with Crippen LogP contribution in [0.15, 0.2) is 48.5 Å². The summed E-state index contributed by atoms with van der Waals surface area (Å²) in [6.45, 7) is 6.90. The monoisotopic (exact) mass is 379 g/mol. The van der Waals surface area contributed by atoms with Crippen LogP contribution in [0.1, 0.15) is 32.8 Å². The van der Waals surface area contributed by atoms with Gasteiger partial charge in [0, 0.05) is 44.1 Å². The number of carbonyl (C=O) groups excluding carboxylic acids is 2. The molecule has 5 nitrogen and oxygen atoms in total. The lowest BCUT2D eigenvalue weighted by Crippen LogP contribution is -2.28. The summed E-state index contributed by atoms with van der Waals surface area (Å²) in [5, 5.41) is 2.94. The quantitative estimate of drug-likeness (QED) is 0.872. The fourth-order valence-corrected chi connectivity index (χ4v) is 3.36. The molecule has 2 amide bonds. The number of carbonyl (C=O) groups is 2. The van der Waals surface area contributed by atoms with Gasteiger partial charge >= 0.3 is 0 Å². The van der Waals surface area contributed by atoms with E-state index in [1.54, 1.807) is 4.90 Å². The van der Waals surface area contributed by atoms with E-state index in [0.29, 0.717) is 6.54 Å². The van der Waals surface area contributed by atoms with Crippen molar-refractivity contribution in [2.45, 2.75) is 32.6 Å². The van der Waals surface area contributed by atoms with Crippen molar-refractivity contribution in [3.63, 3.8) is 0 Å². The summed E-state index contributed by atoms with van der Waals surface area (Å²) in [6.07, 6.45) is 0.239. The molecule has 0 radical (unpaired) electrons. The van der Waals surface area contributed by atoms with Crippen LogP contribution in [-0.4, -0.2) is 32.5 Å². The molecule has 1 atom stereocenters. The molecular weight excluding hydrogens is 350 g/mol. The van der Waals surface area contributed by atoms with E-state index in [2.05, 4.69) is 38.2 Å². The molecule has 5 heteroatoms. The Kier molecular flexibility index (Phi) is 5.45. The first-order valence-corrected chi connectivity index (χ1v) is 9.64. The van der Waals surface area contributed by atoms with Crippen LogP contribution in [0.3, 0.4) is 0 Å². The molecule has 0 aliphatic carbocycles. The Morgan fingerprint density at radius 2 is 1.64 bits per heavy atom. The molecule has 2 aromatic rings. The number of benzene rings is 2. The minimum atomic E-state index is -0.344. The molecule has 1 aliphatic rings. The third-order valence-electron chi connectivity index (χ3n) is 5.19. The largest absolute Gasteiger partial charge is 0.378 e. The Hall–Kier alpha value is -2.82. The zero-order valence-corrected chi connectivity index (χ0v) is 17.3. The predicted octanol–water partition coefficient (Wildman–Crippen LogP) is 4.04. The Bertz CT molecular complexity index is 849. The van der Waals surface area contributed by atoms with Gasteiger partial charge < -0.3 is 15.1 Å². The zero-order valence-electron chi connectivity index (χ0n) is 17.3. The summed E-state index contributed by atoms with van der Waals surface area (Å²) in [4.78, 5) is 28.8. The average Bonchev–Trinajstić information content (AvgIpc) is 3.03. The van der Waals surface area contributed by atoms with Crippen molar-refractivity contribution in [2.24, 2.45) is 5.92 Å². The zero-order chi connectivity index (χ0) is 20.5. The van der Waals surface area contributed by atoms with E-state index in [0.717, 1.165) is 17.1 Å². The maximum atomic E-state index is 12.6. The first-order valence-electron chi connectivity index (χ1n) is 9.64. The smallest absolute Gasteiger partial charge is 0.229 e. The summed E-state index contributed by atoms with van der Waals surface area (Å²) in [5.74, 6) is -0.463. The molecular formula is C23H29N3O2. The third kappa shape index (κ3) is 4.35. The van der Waals surface area contributed by atoms with Crippen molar-refractivity contribution < 1.29 is 9.59 Å². The third-order valence-corrected chi connectivity index (χ3v) is 5.19. The molecule has 1 aliphatic heterocycles. The maximum Gasteiger partial charge on any atom is 0.229 e. The number of anilines is 3. The van der Waals surface area contributed by atoms with E-state index in [1.165, 1.54) is 5.56 Å². The van der Waals surface area contributed by atoms with E-state index in [9.17, 15) is 9.59 Å². The van der Waals surface area contributed by atoms with Crippen molar-refractivity contribution >= 4 is 28.9 Å². The molecule has 1 heterocycles. The van der Waals surface area contributed by atoms with Crippen LogP contribution < -0.4 is 15.1 Å². The molecule has 148 valence electrons. The topological polar surface area (TPSA) is 52.7 Å². The fourth-order valence-electron chi connectivity index (χ4n) is 3.36. The number of hydrogen-bond donors (Lipinski definition) is 1.